The zero-order valence-corrected chi connectivity index (χ0v) is 9.98. The van der Waals surface area contributed by atoms with Gasteiger partial charge in [0.05, 0.1) is 6.61 Å². The molecule has 2 heterocycles. The molecule has 1 fully saturated rings. The molecule has 3 rings (SSSR count). The second-order valence-corrected chi connectivity index (χ2v) is 4.97. The Morgan fingerprint density at radius 2 is 2.24 bits per heavy atom. The quantitative estimate of drug-likeness (QED) is 0.846. The Bertz CT molecular complexity index is 424. The van der Waals surface area contributed by atoms with Crippen molar-refractivity contribution in [2.24, 2.45) is 5.92 Å². The highest BCUT2D eigenvalue weighted by molar-refractivity contribution is 6.00. The van der Waals surface area contributed by atoms with E-state index in [1.165, 1.54) is 18.4 Å². The van der Waals surface area contributed by atoms with Crippen LogP contribution in [0.5, 0.6) is 0 Å². The summed E-state index contributed by atoms with van der Waals surface area (Å²) in [6.45, 7) is 3.63. The maximum absolute atomic E-state index is 8.19. The van der Waals surface area contributed by atoms with E-state index in [0.717, 1.165) is 31.9 Å². The molecule has 1 aromatic carbocycles. The fourth-order valence-corrected chi connectivity index (χ4v) is 2.76. The van der Waals surface area contributed by atoms with Crippen LogP contribution in [0.1, 0.15) is 24.0 Å². The predicted octanol–water partition coefficient (Wildman–Crippen LogP) is 2.25. The van der Waals surface area contributed by atoms with Crippen LogP contribution in [-0.2, 0) is 11.3 Å². The van der Waals surface area contributed by atoms with Crippen molar-refractivity contribution in [1.82, 2.24) is 4.90 Å². The highest BCUT2D eigenvalue weighted by Gasteiger charge is 2.26. The Kier molecular flexibility index (Phi) is 2.85. The summed E-state index contributed by atoms with van der Waals surface area (Å²) in [6.07, 6.45) is 2.40. The minimum absolute atomic E-state index is 0.596. The molecular weight excluding hydrogens is 212 g/mol. The van der Waals surface area contributed by atoms with Crippen molar-refractivity contribution in [3.63, 3.8) is 0 Å². The second-order valence-electron chi connectivity index (χ2n) is 4.97. The van der Waals surface area contributed by atoms with Crippen LogP contribution < -0.4 is 0 Å². The molecule has 2 aliphatic heterocycles. The third-order valence-corrected chi connectivity index (χ3v) is 3.68. The molecule has 0 amide bonds. The highest BCUT2D eigenvalue weighted by Crippen LogP contribution is 2.25. The van der Waals surface area contributed by atoms with Gasteiger partial charge in [-0.3, -0.25) is 5.41 Å². The smallest absolute Gasteiger partial charge is 0.128 e. The number of rotatable bonds is 2. The van der Waals surface area contributed by atoms with Crippen LogP contribution in [0, 0.1) is 11.3 Å². The van der Waals surface area contributed by atoms with Crippen molar-refractivity contribution in [1.29, 1.82) is 5.41 Å². The third-order valence-electron chi connectivity index (χ3n) is 3.68. The summed E-state index contributed by atoms with van der Waals surface area (Å²) in [7, 11) is 0. The number of hydrogen-bond donors (Lipinski definition) is 1. The zero-order valence-electron chi connectivity index (χ0n) is 9.98. The van der Waals surface area contributed by atoms with Gasteiger partial charge in [-0.05, 0) is 24.3 Å². The molecule has 1 unspecified atom stereocenters. The molecule has 1 saturated heterocycles. The minimum Gasteiger partial charge on any atom is -0.381 e. The summed E-state index contributed by atoms with van der Waals surface area (Å²) < 4.78 is 5.51. The van der Waals surface area contributed by atoms with Crippen molar-refractivity contribution < 1.29 is 4.74 Å². The van der Waals surface area contributed by atoms with Gasteiger partial charge in [-0.25, -0.2) is 0 Å². The van der Waals surface area contributed by atoms with E-state index < -0.39 is 0 Å². The molecule has 0 saturated carbocycles. The average molecular weight is 230 g/mol. The lowest BCUT2D eigenvalue weighted by Gasteiger charge is -2.27. The standard InChI is InChI=1S/C14H18N2O/c15-14-13-6-2-1-5-12(13)9-16(14)8-11-4-3-7-17-10-11/h1-2,5-6,11,15H,3-4,7-10H2. The molecule has 0 radical (unpaired) electrons. The number of nitrogens with zero attached hydrogens (tertiary/aromatic N) is 1. The van der Waals surface area contributed by atoms with E-state index in [1.807, 2.05) is 6.07 Å². The van der Waals surface area contributed by atoms with E-state index >= 15 is 0 Å². The number of fused-ring (bicyclic) bond motifs is 1. The Morgan fingerprint density at radius 3 is 3.00 bits per heavy atom. The minimum atomic E-state index is 0.596. The van der Waals surface area contributed by atoms with Gasteiger partial charge in [0.15, 0.2) is 0 Å². The van der Waals surface area contributed by atoms with E-state index in [4.69, 9.17) is 10.1 Å². The maximum atomic E-state index is 8.19. The Labute approximate surface area is 102 Å². The number of benzene rings is 1. The van der Waals surface area contributed by atoms with Gasteiger partial charge in [0.2, 0.25) is 0 Å². The van der Waals surface area contributed by atoms with Crippen LogP contribution in [0.25, 0.3) is 0 Å². The zero-order chi connectivity index (χ0) is 11.7. The molecule has 90 valence electrons. The summed E-state index contributed by atoms with van der Waals surface area (Å²) in [5.74, 6) is 1.28. The van der Waals surface area contributed by atoms with E-state index in [2.05, 4.69) is 23.1 Å². The maximum Gasteiger partial charge on any atom is 0.128 e. The molecule has 3 nitrogen and oxygen atoms in total. The lowest BCUT2D eigenvalue weighted by Crippen LogP contribution is -2.33. The molecule has 17 heavy (non-hydrogen) atoms. The van der Waals surface area contributed by atoms with Crippen molar-refractivity contribution in [3.8, 4) is 0 Å². The topological polar surface area (TPSA) is 36.3 Å². The van der Waals surface area contributed by atoms with Gasteiger partial charge >= 0.3 is 0 Å². The molecule has 1 atom stereocenters. The van der Waals surface area contributed by atoms with Crippen molar-refractivity contribution in [3.05, 3.63) is 35.4 Å². The van der Waals surface area contributed by atoms with Crippen LogP contribution in [0.2, 0.25) is 0 Å². The Hall–Kier alpha value is -1.35. The first-order valence-corrected chi connectivity index (χ1v) is 6.34. The van der Waals surface area contributed by atoms with Gasteiger partial charge in [0.1, 0.15) is 5.84 Å². The second kappa shape index (κ2) is 4.49. The summed E-state index contributed by atoms with van der Waals surface area (Å²) >= 11 is 0. The van der Waals surface area contributed by atoms with Crippen LogP contribution >= 0.6 is 0 Å². The van der Waals surface area contributed by atoms with Crippen molar-refractivity contribution in [2.75, 3.05) is 19.8 Å². The average Bonchev–Trinajstić information content (AvgIpc) is 2.68. The summed E-state index contributed by atoms with van der Waals surface area (Å²) in [4.78, 5) is 2.18. The van der Waals surface area contributed by atoms with Crippen LogP contribution in [-0.4, -0.2) is 30.5 Å². The fourth-order valence-electron chi connectivity index (χ4n) is 2.76. The van der Waals surface area contributed by atoms with Crippen LogP contribution in [0.4, 0.5) is 0 Å². The van der Waals surface area contributed by atoms with Crippen molar-refractivity contribution in [2.45, 2.75) is 19.4 Å². The first-order valence-electron chi connectivity index (χ1n) is 6.34. The predicted molar refractivity (Wildman–Crippen MR) is 67.2 cm³/mol. The van der Waals surface area contributed by atoms with E-state index in [-0.39, 0.29) is 0 Å². The van der Waals surface area contributed by atoms with Gasteiger partial charge in [-0.1, -0.05) is 24.3 Å². The third kappa shape index (κ3) is 2.07. The van der Waals surface area contributed by atoms with Gasteiger partial charge in [0, 0.05) is 25.3 Å². The Balaban J connectivity index is 1.69. The van der Waals surface area contributed by atoms with Gasteiger partial charge in [-0.2, -0.15) is 0 Å². The highest BCUT2D eigenvalue weighted by atomic mass is 16.5. The van der Waals surface area contributed by atoms with Gasteiger partial charge in [-0.15, -0.1) is 0 Å². The number of amidine groups is 1. The molecule has 2 aliphatic rings. The molecular formula is C14H18N2O. The largest absolute Gasteiger partial charge is 0.381 e. The van der Waals surface area contributed by atoms with Crippen LogP contribution in [0.3, 0.4) is 0 Å². The lowest BCUT2D eigenvalue weighted by atomic mass is 10.0. The van der Waals surface area contributed by atoms with Crippen LogP contribution in [0.15, 0.2) is 24.3 Å². The summed E-state index contributed by atoms with van der Waals surface area (Å²) in [6, 6.07) is 8.25. The molecule has 0 spiro atoms. The van der Waals surface area contributed by atoms with Gasteiger partial charge < -0.3 is 9.64 Å². The number of nitrogens with one attached hydrogen (secondary N) is 1. The van der Waals surface area contributed by atoms with E-state index in [1.54, 1.807) is 0 Å². The summed E-state index contributed by atoms with van der Waals surface area (Å²) in [5, 5.41) is 8.19. The van der Waals surface area contributed by atoms with Crippen molar-refractivity contribution >= 4 is 5.84 Å². The lowest BCUT2D eigenvalue weighted by molar-refractivity contribution is 0.0465. The molecule has 0 aliphatic carbocycles. The SMILES string of the molecule is N=C1c2ccccc2CN1CC1CCCOC1. The van der Waals surface area contributed by atoms with E-state index in [0.29, 0.717) is 11.8 Å². The van der Waals surface area contributed by atoms with E-state index in [9.17, 15) is 0 Å². The summed E-state index contributed by atoms with van der Waals surface area (Å²) in [5.41, 5.74) is 2.39. The first-order chi connectivity index (χ1) is 8.34. The Morgan fingerprint density at radius 1 is 1.35 bits per heavy atom. The first kappa shape index (κ1) is 10.8. The molecule has 3 heteroatoms. The number of hydrogen-bond acceptors (Lipinski definition) is 2. The van der Waals surface area contributed by atoms with Gasteiger partial charge in [0.25, 0.3) is 0 Å². The molecule has 0 aromatic heterocycles. The number of ether oxygens (including phenoxy) is 1. The molecule has 0 bridgehead atoms. The molecule has 1 aromatic rings. The molecule has 1 N–H and O–H groups in total. The monoisotopic (exact) mass is 230 g/mol. The fraction of sp³-hybridized carbons (Fsp3) is 0.500. The normalized spacial score (nSPS) is 23.9.